The van der Waals surface area contributed by atoms with E-state index in [4.69, 9.17) is 11.6 Å². The average Bonchev–Trinajstić information content (AvgIpc) is 2.59. The lowest BCUT2D eigenvalue weighted by atomic mass is 10.2. The number of aromatic nitrogens is 2. The van der Waals surface area contributed by atoms with Crippen molar-refractivity contribution >= 4 is 40.0 Å². The van der Waals surface area contributed by atoms with Crippen LogP contribution in [-0.4, -0.2) is 21.1 Å². The van der Waals surface area contributed by atoms with E-state index in [9.17, 15) is 9.59 Å². The van der Waals surface area contributed by atoms with Crippen molar-refractivity contribution in [2.75, 3.05) is 5.75 Å². The van der Waals surface area contributed by atoms with Crippen molar-refractivity contribution in [1.82, 2.24) is 9.55 Å². The summed E-state index contributed by atoms with van der Waals surface area (Å²) >= 11 is 7.56. The van der Waals surface area contributed by atoms with E-state index in [2.05, 4.69) is 4.98 Å². The number of thioether (sulfide) groups is 1. The fourth-order valence-electron chi connectivity index (χ4n) is 2.75. The Kier molecular flexibility index (Phi) is 5.79. The van der Waals surface area contributed by atoms with E-state index < -0.39 is 0 Å². The first kappa shape index (κ1) is 18.7. The molecule has 3 aromatic rings. The Bertz CT molecular complexity index is 1030. The Morgan fingerprint density at radius 3 is 2.73 bits per heavy atom. The number of para-hydroxylation sites is 1. The standard InChI is InChI=1S/C20H19ClN2O2S/c1-13-6-3-4-8-18(13)23-19(25)16-10-9-15(21)12-17(16)22-20(23)26-11-5-7-14(2)24/h3-4,6,8-10,12H,5,7,11H2,1-2H3. The van der Waals surface area contributed by atoms with Gasteiger partial charge in [0.25, 0.3) is 5.56 Å². The minimum Gasteiger partial charge on any atom is -0.300 e. The van der Waals surface area contributed by atoms with E-state index in [1.54, 1.807) is 29.7 Å². The number of hydrogen-bond donors (Lipinski definition) is 0. The molecular formula is C20H19ClN2O2S. The van der Waals surface area contributed by atoms with Crippen LogP contribution in [0.4, 0.5) is 0 Å². The summed E-state index contributed by atoms with van der Waals surface area (Å²) in [6.45, 7) is 3.56. The highest BCUT2D eigenvalue weighted by Gasteiger charge is 2.15. The Morgan fingerprint density at radius 2 is 2.00 bits per heavy atom. The summed E-state index contributed by atoms with van der Waals surface area (Å²) in [6, 6.07) is 12.9. The fourth-order valence-corrected chi connectivity index (χ4v) is 3.86. The molecule has 0 bridgehead atoms. The summed E-state index contributed by atoms with van der Waals surface area (Å²) in [5, 5.41) is 1.69. The molecule has 0 saturated heterocycles. The molecule has 6 heteroatoms. The number of ketones is 1. The Hall–Kier alpha value is -2.11. The lowest BCUT2D eigenvalue weighted by molar-refractivity contribution is -0.117. The number of rotatable bonds is 6. The van der Waals surface area contributed by atoms with Gasteiger partial charge in [-0.25, -0.2) is 4.98 Å². The monoisotopic (exact) mass is 386 g/mol. The van der Waals surface area contributed by atoms with Gasteiger partial charge >= 0.3 is 0 Å². The molecule has 2 aromatic carbocycles. The van der Waals surface area contributed by atoms with Crippen LogP contribution >= 0.6 is 23.4 Å². The molecule has 1 aromatic heterocycles. The highest BCUT2D eigenvalue weighted by molar-refractivity contribution is 7.99. The van der Waals surface area contributed by atoms with Crippen LogP contribution in [0.25, 0.3) is 16.6 Å². The van der Waals surface area contributed by atoms with E-state index >= 15 is 0 Å². The van der Waals surface area contributed by atoms with Crippen molar-refractivity contribution in [3.8, 4) is 5.69 Å². The third-order valence-electron chi connectivity index (χ3n) is 4.06. The van der Waals surface area contributed by atoms with Crippen molar-refractivity contribution in [2.24, 2.45) is 0 Å². The van der Waals surface area contributed by atoms with Crippen LogP contribution in [0.2, 0.25) is 5.02 Å². The van der Waals surface area contributed by atoms with E-state index in [0.29, 0.717) is 33.3 Å². The molecule has 0 spiro atoms. The molecule has 0 aliphatic carbocycles. The van der Waals surface area contributed by atoms with Gasteiger partial charge in [0, 0.05) is 17.2 Å². The van der Waals surface area contributed by atoms with Crippen LogP contribution in [0.3, 0.4) is 0 Å². The average molecular weight is 387 g/mol. The van der Waals surface area contributed by atoms with Gasteiger partial charge in [0.05, 0.1) is 16.6 Å². The van der Waals surface area contributed by atoms with Crippen LogP contribution in [0.15, 0.2) is 52.4 Å². The Labute approximate surface area is 161 Å². The number of benzene rings is 2. The van der Waals surface area contributed by atoms with Gasteiger partial charge in [0.1, 0.15) is 5.78 Å². The van der Waals surface area contributed by atoms with Crippen LogP contribution < -0.4 is 5.56 Å². The van der Waals surface area contributed by atoms with Crippen LogP contribution in [-0.2, 0) is 4.79 Å². The van der Waals surface area contributed by atoms with Gasteiger partial charge in [-0.3, -0.25) is 9.36 Å². The number of Topliss-reactive ketones (excluding diaryl/α,β-unsaturated/α-hetero) is 1. The predicted molar refractivity (Wildman–Crippen MR) is 108 cm³/mol. The molecule has 0 amide bonds. The maximum absolute atomic E-state index is 13.2. The molecule has 0 unspecified atom stereocenters. The molecule has 0 N–H and O–H groups in total. The van der Waals surface area contributed by atoms with Crippen LogP contribution in [0.5, 0.6) is 0 Å². The number of hydrogen-bond acceptors (Lipinski definition) is 4. The molecule has 0 radical (unpaired) electrons. The van der Waals surface area contributed by atoms with Crippen LogP contribution in [0.1, 0.15) is 25.3 Å². The number of halogens is 1. The van der Waals surface area contributed by atoms with E-state index in [1.807, 2.05) is 31.2 Å². The fraction of sp³-hybridized carbons (Fsp3) is 0.250. The molecule has 0 aliphatic heterocycles. The van der Waals surface area contributed by atoms with Gasteiger partial charge in [-0.2, -0.15) is 0 Å². The number of carbonyl (C=O) groups excluding carboxylic acids is 1. The smallest absolute Gasteiger partial charge is 0.266 e. The zero-order chi connectivity index (χ0) is 18.7. The summed E-state index contributed by atoms with van der Waals surface area (Å²) in [6.07, 6.45) is 1.28. The van der Waals surface area contributed by atoms with Gasteiger partial charge in [0.15, 0.2) is 5.16 Å². The molecule has 0 saturated carbocycles. The first-order valence-corrected chi connectivity index (χ1v) is 9.74. The van der Waals surface area contributed by atoms with Crippen molar-refractivity contribution in [1.29, 1.82) is 0 Å². The summed E-state index contributed by atoms with van der Waals surface area (Å²) in [4.78, 5) is 29.0. The molecule has 0 fully saturated rings. The molecular weight excluding hydrogens is 368 g/mol. The first-order chi connectivity index (χ1) is 12.5. The molecule has 0 atom stereocenters. The second kappa shape index (κ2) is 8.06. The van der Waals surface area contributed by atoms with Gasteiger partial charge in [-0.15, -0.1) is 0 Å². The Balaban J connectivity index is 2.13. The molecule has 134 valence electrons. The van der Waals surface area contributed by atoms with Gasteiger partial charge in [-0.05, 0) is 50.1 Å². The third-order valence-corrected chi connectivity index (χ3v) is 5.32. The van der Waals surface area contributed by atoms with Crippen molar-refractivity contribution in [3.63, 3.8) is 0 Å². The SMILES string of the molecule is CC(=O)CCCSc1nc2cc(Cl)ccc2c(=O)n1-c1ccccc1C. The summed E-state index contributed by atoms with van der Waals surface area (Å²) in [5.74, 6) is 0.879. The highest BCUT2D eigenvalue weighted by atomic mass is 35.5. The maximum Gasteiger partial charge on any atom is 0.266 e. The van der Waals surface area contributed by atoms with Gasteiger partial charge < -0.3 is 4.79 Å². The second-order valence-corrected chi connectivity index (χ2v) is 7.64. The number of nitrogens with zero attached hydrogens (tertiary/aromatic N) is 2. The molecule has 0 aliphatic rings. The maximum atomic E-state index is 13.2. The van der Waals surface area contributed by atoms with Crippen molar-refractivity contribution in [3.05, 3.63) is 63.4 Å². The largest absolute Gasteiger partial charge is 0.300 e. The molecule has 4 nitrogen and oxygen atoms in total. The van der Waals surface area contributed by atoms with Gasteiger partial charge in [-0.1, -0.05) is 41.6 Å². The third kappa shape index (κ3) is 4.00. The number of fused-ring (bicyclic) bond motifs is 1. The van der Waals surface area contributed by atoms with E-state index in [0.717, 1.165) is 17.7 Å². The Morgan fingerprint density at radius 1 is 1.23 bits per heavy atom. The quantitative estimate of drug-likeness (QED) is 0.346. The first-order valence-electron chi connectivity index (χ1n) is 8.38. The number of aryl methyl sites for hydroxylation is 1. The zero-order valence-electron chi connectivity index (χ0n) is 14.7. The molecule has 1 heterocycles. The second-order valence-electron chi connectivity index (χ2n) is 6.14. The van der Waals surface area contributed by atoms with Crippen molar-refractivity contribution < 1.29 is 4.79 Å². The van der Waals surface area contributed by atoms with E-state index in [-0.39, 0.29) is 11.3 Å². The molecule has 26 heavy (non-hydrogen) atoms. The zero-order valence-corrected chi connectivity index (χ0v) is 16.2. The summed E-state index contributed by atoms with van der Waals surface area (Å²) < 4.78 is 1.66. The minimum atomic E-state index is -0.116. The topological polar surface area (TPSA) is 52.0 Å². The highest BCUT2D eigenvalue weighted by Crippen LogP contribution is 2.25. The summed E-state index contributed by atoms with van der Waals surface area (Å²) in [5.41, 5.74) is 2.28. The lowest BCUT2D eigenvalue weighted by Gasteiger charge is -2.15. The van der Waals surface area contributed by atoms with E-state index in [1.165, 1.54) is 11.8 Å². The normalized spacial score (nSPS) is 11.0. The predicted octanol–water partition coefficient (Wildman–Crippen LogP) is 4.81. The van der Waals surface area contributed by atoms with Gasteiger partial charge in [0.2, 0.25) is 0 Å². The van der Waals surface area contributed by atoms with Crippen LogP contribution in [0, 0.1) is 6.92 Å². The summed E-state index contributed by atoms with van der Waals surface area (Å²) in [7, 11) is 0. The minimum absolute atomic E-state index is 0.116. The number of carbonyl (C=O) groups is 1. The molecule has 3 rings (SSSR count). The lowest BCUT2D eigenvalue weighted by Crippen LogP contribution is -2.22. The van der Waals surface area contributed by atoms with Crippen molar-refractivity contribution in [2.45, 2.75) is 31.8 Å².